The van der Waals surface area contributed by atoms with Gasteiger partial charge in [0.15, 0.2) is 0 Å². The van der Waals surface area contributed by atoms with E-state index in [9.17, 15) is 22.8 Å². The van der Waals surface area contributed by atoms with Crippen LogP contribution in [0.5, 0.6) is 0 Å². The van der Waals surface area contributed by atoms with Gasteiger partial charge in [0.1, 0.15) is 5.71 Å². The molecule has 2 aromatic rings. The number of imide groups is 1. The van der Waals surface area contributed by atoms with Crippen molar-refractivity contribution in [1.29, 1.82) is 0 Å². The molecule has 0 unspecified atom stereocenters. The second kappa shape index (κ2) is 11.2. The van der Waals surface area contributed by atoms with Crippen LogP contribution in [-0.2, 0) is 19.6 Å². The molecule has 0 fully saturated rings. The first-order valence-electron chi connectivity index (χ1n) is 11.2. The van der Waals surface area contributed by atoms with E-state index in [2.05, 4.69) is 14.6 Å². The van der Waals surface area contributed by atoms with E-state index >= 15 is 0 Å². The SMILES string of the molecule is [C-]#[N+]C1=C(C)C(=Nc2ccc(N(CC)CCNS(C)(=O)=O)cc2)C(=O)N(c2ccc(C(=O)O)cc2)C1=O. The summed E-state index contributed by atoms with van der Waals surface area (Å²) in [6, 6.07) is 12.1. The molecule has 2 aromatic carbocycles. The maximum absolute atomic E-state index is 13.3. The van der Waals surface area contributed by atoms with Crippen molar-refractivity contribution in [2.24, 2.45) is 4.99 Å². The van der Waals surface area contributed by atoms with E-state index in [0.29, 0.717) is 18.8 Å². The van der Waals surface area contributed by atoms with Gasteiger partial charge in [0.25, 0.3) is 17.5 Å². The van der Waals surface area contributed by atoms with E-state index in [0.717, 1.165) is 16.8 Å². The number of carboxylic acids is 1. The highest BCUT2D eigenvalue weighted by Crippen LogP contribution is 2.28. The Morgan fingerprint density at radius 1 is 1.11 bits per heavy atom. The summed E-state index contributed by atoms with van der Waals surface area (Å²) in [5.41, 5.74) is 1.16. The second-order valence-electron chi connectivity index (χ2n) is 8.11. The Labute approximate surface area is 214 Å². The summed E-state index contributed by atoms with van der Waals surface area (Å²) < 4.78 is 25.1. The molecule has 0 aliphatic carbocycles. The van der Waals surface area contributed by atoms with Gasteiger partial charge in [-0.15, -0.1) is 0 Å². The van der Waals surface area contributed by atoms with Crippen LogP contribution in [0.3, 0.4) is 0 Å². The molecule has 1 aliphatic rings. The van der Waals surface area contributed by atoms with Gasteiger partial charge in [0.05, 0.1) is 29.8 Å². The van der Waals surface area contributed by atoms with Crippen LogP contribution in [0.15, 0.2) is 64.8 Å². The topological polar surface area (TPSA) is 141 Å². The molecule has 1 aliphatic heterocycles. The first-order valence-corrected chi connectivity index (χ1v) is 13.0. The Morgan fingerprint density at radius 3 is 2.24 bits per heavy atom. The number of likely N-dealkylation sites (N-methyl/N-ethyl adjacent to an activating group) is 1. The summed E-state index contributed by atoms with van der Waals surface area (Å²) in [6.45, 7) is 12.2. The maximum Gasteiger partial charge on any atom is 0.335 e. The molecule has 0 bridgehead atoms. The summed E-state index contributed by atoms with van der Waals surface area (Å²) in [7, 11) is -3.29. The highest BCUT2D eigenvalue weighted by molar-refractivity contribution is 7.88. The number of hydrogen-bond donors (Lipinski definition) is 2. The number of benzene rings is 2. The first kappa shape index (κ1) is 27.3. The first-order chi connectivity index (χ1) is 17.5. The molecule has 2 amide bonds. The molecule has 3 rings (SSSR count). The Morgan fingerprint density at radius 2 is 1.73 bits per heavy atom. The van der Waals surface area contributed by atoms with Crippen molar-refractivity contribution < 1.29 is 27.9 Å². The van der Waals surface area contributed by atoms with Crippen molar-refractivity contribution in [1.82, 2.24) is 4.72 Å². The molecule has 0 radical (unpaired) electrons. The van der Waals surface area contributed by atoms with Crippen LogP contribution in [0.25, 0.3) is 4.85 Å². The zero-order chi connectivity index (χ0) is 27.3. The predicted octanol–water partition coefficient (Wildman–Crippen LogP) is 2.60. The maximum atomic E-state index is 13.3. The largest absolute Gasteiger partial charge is 0.478 e. The molecule has 0 saturated carbocycles. The predicted molar refractivity (Wildman–Crippen MR) is 139 cm³/mol. The van der Waals surface area contributed by atoms with Crippen LogP contribution in [0.2, 0.25) is 0 Å². The van der Waals surface area contributed by atoms with Crippen molar-refractivity contribution in [2.75, 3.05) is 35.7 Å². The van der Waals surface area contributed by atoms with Gasteiger partial charge in [0, 0.05) is 25.3 Å². The number of amides is 2. The number of carbonyl (C=O) groups excluding carboxylic acids is 2. The van der Waals surface area contributed by atoms with Gasteiger partial charge in [-0.05, 0) is 68.0 Å². The number of nitrogens with one attached hydrogen (secondary N) is 1. The Bertz CT molecular complexity index is 1440. The lowest BCUT2D eigenvalue weighted by molar-refractivity contribution is -0.121. The molecule has 11 nitrogen and oxygen atoms in total. The minimum absolute atomic E-state index is 0.0139. The Balaban J connectivity index is 1.92. The molecular weight excluding hydrogens is 498 g/mol. The molecule has 1 heterocycles. The van der Waals surface area contributed by atoms with Gasteiger partial charge < -0.3 is 10.0 Å². The van der Waals surface area contributed by atoms with E-state index in [1.165, 1.54) is 31.2 Å². The summed E-state index contributed by atoms with van der Waals surface area (Å²) in [5.74, 6) is -2.69. The number of hydrogen-bond acceptors (Lipinski definition) is 7. The van der Waals surface area contributed by atoms with E-state index in [1.807, 2.05) is 11.8 Å². The fourth-order valence-corrected chi connectivity index (χ4v) is 4.15. The van der Waals surface area contributed by atoms with Gasteiger partial charge in [-0.2, -0.15) is 0 Å². The number of carbonyl (C=O) groups is 3. The van der Waals surface area contributed by atoms with Gasteiger partial charge in [-0.1, -0.05) is 0 Å². The van der Waals surface area contributed by atoms with Crippen LogP contribution in [0, 0.1) is 6.57 Å². The lowest BCUT2D eigenvalue weighted by Gasteiger charge is -2.27. The number of carboxylic acid groups (broad SMARTS) is 1. The third kappa shape index (κ3) is 6.27. The smallest absolute Gasteiger partial charge is 0.335 e. The number of rotatable bonds is 9. The van der Waals surface area contributed by atoms with Gasteiger partial charge in [-0.25, -0.2) is 27.8 Å². The minimum atomic E-state index is -3.29. The average Bonchev–Trinajstić information content (AvgIpc) is 2.85. The van der Waals surface area contributed by atoms with E-state index in [4.69, 9.17) is 11.7 Å². The summed E-state index contributed by atoms with van der Waals surface area (Å²) in [4.78, 5) is 47.9. The molecular formula is C25H25N5O6S. The number of aromatic carboxylic acids is 1. The normalized spacial score (nSPS) is 15.2. The van der Waals surface area contributed by atoms with Crippen molar-refractivity contribution >= 4 is 50.6 Å². The number of anilines is 2. The van der Waals surface area contributed by atoms with Crippen molar-refractivity contribution in [3.05, 3.63) is 76.8 Å². The molecule has 12 heteroatoms. The van der Waals surface area contributed by atoms with Gasteiger partial charge in [-0.3, -0.25) is 14.5 Å². The molecule has 2 N–H and O–H groups in total. The molecule has 0 saturated heterocycles. The number of nitrogens with zero attached hydrogens (tertiary/aromatic N) is 4. The zero-order valence-corrected chi connectivity index (χ0v) is 21.2. The molecule has 37 heavy (non-hydrogen) atoms. The average molecular weight is 524 g/mol. The van der Waals surface area contributed by atoms with Crippen molar-refractivity contribution in [3.8, 4) is 0 Å². The highest BCUT2D eigenvalue weighted by atomic mass is 32.2. The second-order valence-corrected chi connectivity index (χ2v) is 9.94. The summed E-state index contributed by atoms with van der Waals surface area (Å²) in [5, 5.41) is 9.11. The number of sulfonamides is 1. The quantitative estimate of drug-likeness (QED) is 0.380. The van der Waals surface area contributed by atoms with E-state index in [1.54, 1.807) is 24.3 Å². The van der Waals surface area contributed by atoms with E-state index < -0.39 is 27.8 Å². The van der Waals surface area contributed by atoms with Crippen LogP contribution >= 0.6 is 0 Å². The fourth-order valence-electron chi connectivity index (χ4n) is 3.69. The minimum Gasteiger partial charge on any atom is -0.478 e. The number of aliphatic imine (C=N–C) groups is 1. The standard InChI is InChI=1S/C25H25N5O6S/c1-5-29(15-14-27-37(4,35)36)19-12-8-18(9-13-19)28-22-16(2)21(26-3)23(31)30(24(22)32)20-10-6-17(7-11-20)25(33)34/h6-13,27H,5,14-15H2,1-2,4H3,(H,33,34). The Hall–Kier alpha value is -4.34. The summed E-state index contributed by atoms with van der Waals surface area (Å²) in [6.07, 6.45) is 1.10. The molecule has 192 valence electrons. The molecule has 0 spiro atoms. The molecule has 0 atom stereocenters. The summed E-state index contributed by atoms with van der Waals surface area (Å²) >= 11 is 0. The van der Waals surface area contributed by atoms with Crippen LogP contribution in [-0.4, -0.2) is 62.9 Å². The van der Waals surface area contributed by atoms with Crippen molar-refractivity contribution in [2.45, 2.75) is 13.8 Å². The van der Waals surface area contributed by atoms with Crippen LogP contribution < -0.4 is 14.5 Å². The third-order valence-corrected chi connectivity index (χ3v) is 6.32. The van der Waals surface area contributed by atoms with Crippen LogP contribution in [0.4, 0.5) is 17.1 Å². The molecule has 0 aromatic heterocycles. The Kier molecular flexibility index (Phi) is 8.21. The monoisotopic (exact) mass is 523 g/mol. The van der Waals surface area contributed by atoms with E-state index in [-0.39, 0.29) is 34.8 Å². The van der Waals surface area contributed by atoms with Gasteiger partial charge >= 0.3 is 5.97 Å². The van der Waals surface area contributed by atoms with Crippen LogP contribution in [0.1, 0.15) is 24.2 Å². The van der Waals surface area contributed by atoms with Gasteiger partial charge in [0.2, 0.25) is 10.0 Å². The highest BCUT2D eigenvalue weighted by Gasteiger charge is 2.38. The fraction of sp³-hybridized carbons (Fsp3) is 0.240. The van der Waals surface area contributed by atoms with Crippen molar-refractivity contribution in [3.63, 3.8) is 0 Å². The lowest BCUT2D eigenvalue weighted by atomic mass is 10.0. The third-order valence-electron chi connectivity index (χ3n) is 5.59. The zero-order valence-electron chi connectivity index (χ0n) is 20.4. The lowest BCUT2D eigenvalue weighted by Crippen LogP contribution is -2.46.